The van der Waals surface area contributed by atoms with Crippen LogP contribution in [0, 0.1) is 21.3 Å². The lowest BCUT2D eigenvalue weighted by Gasteiger charge is -2.34. The number of nitrogens with zero attached hydrogens (tertiary/aromatic N) is 1. The Morgan fingerprint density at radius 1 is 1.45 bits per heavy atom. The number of piperidine rings is 1. The Hall–Kier alpha value is -1.73. The van der Waals surface area contributed by atoms with Crippen molar-refractivity contribution in [2.75, 3.05) is 19.6 Å². The minimum atomic E-state index is -0.878. The van der Waals surface area contributed by atoms with Crippen LogP contribution in [0.1, 0.15) is 30.1 Å². The fraction of sp³-hybridized carbons (Fsp3) is 0.500. The van der Waals surface area contributed by atoms with Gasteiger partial charge in [0, 0.05) is 12.6 Å². The fourth-order valence-electron chi connectivity index (χ4n) is 2.40. The summed E-state index contributed by atoms with van der Waals surface area (Å²) in [4.78, 5) is 21.8. The third-order valence-electron chi connectivity index (χ3n) is 3.89. The molecule has 6 nitrogen and oxygen atoms in total. The van der Waals surface area contributed by atoms with Crippen LogP contribution in [0.15, 0.2) is 18.2 Å². The third kappa shape index (κ3) is 4.38. The average molecular weight is 332 g/mol. The molecular weight excluding hydrogens is 313 g/mol. The predicted octanol–water partition coefficient (Wildman–Crippen LogP) is 2.28. The van der Waals surface area contributed by atoms with Crippen LogP contribution < -0.4 is 10.6 Å². The van der Waals surface area contributed by atoms with Gasteiger partial charge in [-0.15, -0.1) is 12.4 Å². The number of halogens is 2. The van der Waals surface area contributed by atoms with Gasteiger partial charge in [0.05, 0.1) is 16.6 Å². The van der Waals surface area contributed by atoms with Gasteiger partial charge in [-0.1, -0.05) is 6.92 Å². The molecule has 0 bridgehead atoms. The number of non-ortho nitro benzene ring substituents is 1. The Bertz CT molecular complexity index is 562. The van der Waals surface area contributed by atoms with Gasteiger partial charge in [0.25, 0.3) is 11.6 Å². The molecule has 2 rings (SSSR count). The fourth-order valence-corrected chi connectivity index (χ4v) is 2.40. The van der Waals surface area contributed by atoms with Gasteiger partial charge >= 0.3 is 0 Å². The van der Waals surface area contributed by atoms with Gasteiger partial charge in [-0.2, -0.15) is 0 Å². The minimum absolute atomic E-state index is 0. The van der Waals surface area contributed by atoms with Gasteiger partial charge in [0.1, 0.15) is 5.82 Å². The summed E-state index contributed by atoms with van der Waals surface area (Å²) in [6, 6.07) is 3.04. The second-order valence-corrected chi connectivity index (χ2v) is 5.66. The number of carbonyl (C=O) groups excluding carboxylic acids is 1. The smallest absolute Gasteiger partial charge is 0.272 e. The zero-order chi connectivity index (χ0) is 15.5. The number of nitro benzene ring substituents is 1. The lowest BCUT2D eigenvalue weighted by atomic mass is 9.81. The molecule has 22 heavy (non-hydrogen) atoms. The monoisotopic (exact) mass is 331 g/mol. The molecule has 122 valence electrons. The van der Waals surface area contributed by atoms with Crippen molar-refractivity contribution < 1.29 is 14.1 Å². The molecule has 0 aromatic heterocycles. The van der Waals surface area contributed by atoms with Crippen LogP contribution in [0.25, 0.3) is 0 Å². The van der Waals surface area contributed by atoms with Crippen molar-refractivity contribution in [1.29, 1.82) is 0 Å². The van der Waals surface area contributed by atoms with E-state index in [1.807, 2.05) is 0 Å². The van der Waals surface area contributed by atoms with Gasteiger partial charge in [-0.25, -0.2) is 4.39 Å². The zero-order valence-electron chi connectivity index (χ0n) is 12.2. The summed E-state index contributed by atoms with van der Waals surface area (Å²) >= 11 is 0. The molecule has 1 amide bonds. The van der Waals surface area contributed by atoms with Crippen molar-refractivity contribution in [3.05, 3.63) is 39.7 Å². The molecule has 1 aliphatic rings. The first-order chi connectivity index (χ1) is 9.91. The summed E-state index contributed by atoms with van der Waals surface area (Å²) in [6.07, 6.45) is 1.88. The summed E-state index contributed by atoms with van der Waals surface area (Å²) in [7, 11) is 0. The van der Waals surface area contributed by atoms with Crippen molar-refractivity contribution in [2.24, 2.45) is 5.41 Å². The molecule has 1 aliphatic heterocycles. The summed E-state index contributed by atoms with van der Waals surface area (Å²) < 4.78 is 13.7. The van der Waals surface area contributed by atoms with E-state index in [1.54, 1.807) is 0 Å². The maximum Gasteiger partial charge on any atom is 0.272 e. The van der Waals surface area contributed by atoms with E-state index >= 15 is 0 Å². The number of nitrogens with one attached hydrogen (secondary N) is 2. The van der Waals surface area contributed by atoms with Gasteiger partial charge in [0.2, 0.25) is 0 Å². The molecule has 2 N–H and O–H groups in total. The van der Waals surface area contributed by atoms with Crippen LogP contribution >= 0.6 is 12.4 Å². The molecule has 1 saturated heterocycles. The molecule has 1 aromatic carbocycles. The van der Waals surface area contributed by atoms with Gasteiger partial charge < -0.3 is 10.6 Å². The molecule has 1 aromatic rings. The lowest BCUT2D eigenvalue weighted by molar-refractivity contribution is -0.385. The molecule has 1 heterocycles. The second-order valence-electron chi connectivity index (χ2n) is 5.66. The van der Waals surface area contributed by atoms with Crippen LogP contribution in [-0.2, 0) is 0 Å². The molecule has 1 fully saturated rings. The number of benzene rings is 1. The topological polar surface area (TPSA) is 84.3 Å². The van der Waals surface area contributed by atoms with E-state index in [0.717, 1.165) is 44.1 Å². The highest BCUT2D eigenvalue weighted by atomic mass is 35.5. The maximum absolute atomic E-state index is 13.7. The number of hydrogen-bond acceptors (Lipinski definition) is 4. The van der Waals surface area contributed by atoms with Crippen LogP contribution in [0.3, 0.4) is 0 Å². The number of nitro groups is 1. The van der Waals surface area contributed by atoms with E-state index in [-0.39, 0.29) is 29.1 Å². The second kappa shape index (κ2) is 7.51. The van der Waals surface area contributed by atoms with Gasteiger partial charge in [-0.05, 0) is 37.4 Å². The minimum Gasteiger partial charge on any atom is -0.351 e. The van der Waals surface area contributed by atoms with Crippen molar-refractivity contribution in [1.82, 2.24) is 10.6 Å². The van der Waals surface area contributed by atoms with E-state index in [4.69, 9.17) is 0 Å². The zero-order valence-corrected chi connectivity index (χ0v) is 13.0. The number of hydrogen-bond donors (Lipinski definition) is 2. The first-order valence-corrected chi connectivity index (χ1v) is 6.84. The van der Waals surface area contributed by atoms with Crippen LogP contribution in [0.2, 0.25) is 0 Å². The maximum atomic E-state index is 13.7. The van der Waals surface area contributed by atoms with E-state index in [0.29, 0.717) is 6.54 Å². The van der Waals surface area contributed by atoms with Gasteiger partial charge in [0.15, 0.2) is 0 Å². The Labute approximate surface area is 134 Å². The summed E-state index contributed by atoms with van der Waals surface area (Å²) in [5, 5.41) is 16.5. The van der Waals surface area contributed by atoms with E-state index in [1.165, 1.54) is 0 Å². The number of amides is 1. The highest BCUT2D eigenvalue weighted by Gasteiger charge is 2.27. The van der Waals surface area contributed by atoms with E-state index in [9.17, 15) is 19.3 Å². The normalized spacial score (nSPS) is 16.5. The highest BCUT2D eigenvalue weighted by molar-refractivity contribution is 5.94. The Balaban J connectivity index is 0.00000242. The lowest BCUT2D eigenvalue weighted by Crippen LogP contribution is -2.43. The SMILES string of the molecule is CC1(CNC(=O)c2ccc([N+](=O)[O-])cc2F)CCNCC1.Cl. The number of carbonyl (C=O) groups is 1. The van der Waals surface area contributed by atoms with Gasteiger partial charge in [-0.3, -0.25) is 14.9 Å². The Morgan fingerprint density at radius 3 is 2.64 bits per heavy atom. The highest BCUT2D eigenvalue weighted by Crippen LogP contribution is 2.27. The van der Waals surface area contributed by atoms with Crippen LogP contribution in [-0.4, -0.2) is 30.5 Å². The molecule has 0 unspecified atom stereocenters. The third-order valence-corrected chi connectivity index (χ3v) is 3.89. The average Bonchev–Trinajstić information content (AvgIpc) is 2.45. The molecule has 0 spiro atoms. The van der Waals surface area contributed by atoms with Crippen molar-refractivity contribution in [3.63, 3.8) is 0 Å². The molecule has 0 saturated carbocycles. The van der Waals surface area contributed by atoms with E-state index < -0.39 is 16.6 Å². The number of rotatable bonds is 4. The first-order valence-electron chi connectivity index (χ1n) is 6.84. The van der Waals surface area contributed by atoms with Crippen molar-refractivity contribution in [2.45, 2.75) is 19.8 Å². The first kappa shape index (κ1) is 18.3. The standard InChI is InChI=1S/C14H18FN3O3.ClH/c1-14(4-6-16-7-5-14)9-17-13(19)11-3-2-10(18(20)21)8-12(11)15;/h2-3,8,16H,4-7,9H2,1H3,(H,17,19);1H. The molecule has 8 heteroatoms. The quantitative estimate of drug-likeness (QED) is 0.655. The summed E-state index contributed by atoms with van der Waals surface area (Å²) in [6.45, 7) is 4.35. The molecule has 0 atom stereocenters. The van der Waals surface area contributed by atoms with Crippen LogP contribution in [0.5, 0.6) is 0 Å². The van der Waals surface area contributed by atoms with Crippen LogP contribution in [0.4, 0.5) is 10.1 Å². The molecule has 0 aliphatic carbocycles. The largest absolute Gasteiger partial charge is 0.351 e. The summed E-state index contributed by atoms with van der Waals surface area (Å²) in [5.41, 5.74) is -0.537. The Morgan fingerprint density at radius 2 is 2.09 bits per heavy atom. The Kier molecular flexibility index (Phi) is 6.25. The summed E-state index contributed by atoms with van der Waals surface area (Å²) in [5.74, 6) is -1.42. The van der Waals surface area contributed by atoms with Crippen molar-refractivity contribution >= 4 is 24.0 Å². The molecule has 0 radical (unpaired) electrons. The van der Waals surface area contributed by atoms with Crippen molar-refractivity contribution in [3.8, 4) is 0 Å². The molecular formula is C14H19ClFN3O3. The van der Waals surface area contributed by atoms with E-state index in [2.05, 4.69) is 17.6 Å². The predicted molar refractivity (Wildman–Crippen MR) is 82.8 cm³/mol.